The molecule has 1 aliphatic carbocycles. The summed E-state index contributed by atoms with van der Waals surface area (Å²) in [6.45, 7) is 0. The van der Waals surface area contributed by atoms with E-state index < -0.39 is 0 Å². The first kappa shape index (κ1) is 15.5. The van der Waals surface area contributed by atoms with Crippen LogP contribution in [0.3, 0.4) is 0 Å². The lowest BCUT2D eigenvalue weighted by Gasteiger charge is -2.12. The van der Waals surface area contributed by atoms with Crippen molar-refractivity contribution in [3.8, 4) is 11.1 Å². The Labute approximate surface area is 156 Å². The Morgan fingerprint density at radius 2 is 1.58 bits per heavy atom. The summed E-state index contributed by atoms with van der Waals surface area (Å²) in [5.41, 5.74) is 4.97. The summed E-state index contributed by atoms with van der Waals surface area (Å²) in [6, 6.07) is 19.0. The van der Waals surface area contributed by atoms with E-state index in [4.69, 9.17) is 0 Å². The highest BCUT2D eigenvalue weighted by Crippen LogP contribution is 2.38. The van der Waals surface area contributed by atoms with Crippen molar-refractivity contribution in [1.82, 2.24) is 9.97 Å². The number of nitrogens with zero attached hydrogens (tertiary/aromatic N) is 2. The van der Waals surface area contributed by atoms with Crippen molar-refractivity contribution >= 4 is 33.1 Å². The smallest absolute Gasteiger partial charge is 0.142 e. The maximum absolute atomic E-state index is 4.55. The van der Waals surface area contributed by atoms with Gasteiger partial charge in [0.05, 0.1) is 5.39 Å². The highest BCUT2D eigenvalue weighted by Gasteiger charge is 2.19. The minimum Gasteiger partial charge on any atom is -0.340 e. The summed E-state index contributed by atoms with van der Waals surface area (Å²) >= 11 is 1.83. The second-order valence-corrected chi connectivity index (χ2v) is 7.77. The lowest BCUT2D eigenvalue weighted by atomic mass is 9.97. The van der Waals surface area contributed by atoms with Gasteiger partial charge in [-0.25, -0.2) is 9.97 Å². The number of fused-ring (bicyclic) bond motifs is 3. The number of anilines is 2. The van der Waals surface area contributed by atoms with Crippen LogP contribution >= 0.6 is 11.3 Å². The molecule has 5 rings (SSSR count). The average molecular weight is 357 g/mol. The Hall–Kier alpha value is -2.72. The van der Waals surface area contributed by atoms with E-state index >= 15 is 0 Å². The molecule has 0 saturated heterocycles. The molecule has 1 N–H and O–H groups in total. The van der Waals surface area contributed by atoms with Crippen LogP contribution in [-0.2, 0) is 12.8 Å². The molecule has 0 fully saturated rings. The van der Waals surface area contributed by atoms with Gasteiger partial charge in [-0.1, -0.05) is 42.5 Å². The molecular formula is C22H19N3S. The molecule has 0 bridgehead atoms. The fourth-order valence-electron chi connectivity index (χ4n) is 3.70. The van der Waals surface area contributed by atoms with Gasteiger partial charge in [0.1, 0.15) is 17.0 Å². The normalized spacial score (nSPS) is 13.5. The van der Waals surface area contributed by atoms with Crippen molar-refractivity contribution in [2.75, 3.05) is 5.32 Å². The molecule has 128 valence electrons. The van der Waals surface area contributed by atoms with Crippen LogP contribution in [0.15, 0.2) is 60.9 Å². The molecule has 1 aliphatic rings. The second kappa shape index (κ2) is 6.54. The molecule has 4 heteroatoms. The Morgan fingerprint density at radius 3 is 2.42 bits per heavy atom. The predicted molar refractivity (Wildman–Crippen MR) is 109 cm³/mol. The van der Waals surface area contributed by atoms with Crippen LogP contribution < -0.4 is 5.32 Å². The van der Waals surface area contributed by atoms with Crippen molar-refractivity contribution in [3.05, 3.63) is 71.4 Å². The lowest BCUT2D eigenvalue weighted by molar-refractivity contribution is 0.700. The van der Waals surface area contributed by atoms with Crippen LogP contribution in [0.5, 0.6) is 0 Å². The third kappa shape index (κ3) is 2.76. The molecule has 0 saturated carbocycles. The SMILES string of the molecule is c1ccc(-c2ccc(Nc3ncnc4sc5c(c34)CCCC5)cc2)cc1. The quantitative estimate of drug-likeness (QED) is 0.490. The number of nitrogens with one attached hydrogen (secondary N) is 1. The Bertz CT molecular complexity index is 1050. The summed E-state index contributed by atoms with van der Waals surface area (Å²) in [4.78, 5) is 11.7. The van der Waals surface area contributed by atoms with Gasteiger partial charge in [-0.15, -0.1) is 11.3 Å². The van der Waals surface area contributed by atoms with Crippen LogP contribution in [-0.4, -0.2) is 9.97 Å². The first-order valence-corrected chi connectivity index (χ1v) is 9.88. The highest BCUT2D eigenvalue weighted by atomic mass is 32.1. The molecule has 0 radical (unpaired) electrons. The fourth-order valence-corrected chi connectivity index (χ4v) is 4.93. The number of thiophene rings is 1. The molecule has 26 heavy (non-hydrogen) atoms. The molecule has 4 aromatic rings. The molecule has 2 heterocycles. The molecule has 0 spiro atoms. The van der Waals surface area contributed by atoms with Gasteiger partial charge in [0, 0.05) is 10.6 Å². The van der Waals surface area contributed by atoms with Crippen LogP contribution in [0.1, 0.15) is 23.3 Å². The Morgan fingerprint density at radius 1 is 0.808 bits per heavy atom. The van der Waals surface area contributed by atoms with Crippen LogP contribution in [0.25, 0.3) is 21.3 Å². The summed E-state index contributed by atoms with van der Waals surface area (Å²) in [7, 11) is 0. The third-order valence-corrected chi connectivity index (χ3v) is 6.21. The molecule has 3 nitrogen and oxygen atoms in total. The van der Waals surface area contributed by atoms with E-state index in [0.29, 0.717) is 0 Å². The molecular weight excluding hydrogens is 338 g/mol. The second-order valence-electron chi connectivity index (χ2n) is 6.68. The van der Waals surface area contributed by atoms with Gasteiger partial charge >= 0.3 is 0 Å². The van der Waals surface area contributed by atoms with Crippen molar-refractivity contribution in [2.45, 2.75) is 25.7 Å². The molecule has 2 aromatic heterocycles. The number of rotatable bonds is 3. The molecule has 0 atom stereocenters. The fraction of sp³-hybridized carbons (Fsp3) is 0.182. The van der Waals surface area contributed by atoms with E-state index in [2.05, 4.69) is 63.8 Å². The van der Waals surface area contributed by atoms with Crippen molar-refractivity contribution < 1.29 is 0 Å². The van der Waals surface area contributed by atoms with E-state index in [1.165, 1.54) is 46.2 Å². The number of hydrogen-bond acceptors (Lipinski definition) is 4. The predicted octanol–water partition coefficient (Wildman–Crippen LogP) is 5.98. The van der Waals surface area contributed by atoms with E-state index in [1.807, 2.05) is 17.4 Å². The minimum absolute atomic E-state index is 0.932. The highest BCUT2D eigenvalue weighted by molar-refractivity contribution is 7.19. The topological polar surface area (TPSA) is 37.8 Å². The van der Waals surface area contributed by atoms with Crippen molar-refractivity contribution in [3.63, 3.8) is 0 Å². The minimum atomic E-state index is 0.932. The first-order chi connectivity index (χ1) is 12.9. The van der Waals surface area contributed by atoms with Gasteiger partial charge in [0.25, 0.3) is 0 Å². The lowest BCUT2D eigenvalue weighted by Crippen LogP contribution is -2.01. The molecule has 0 amide bonds. The van der Waals surface area contributed by atoms with Gasteiger partial charge in [0.15, 0.2) is 0 Å². The summed E-state index contributed by atoms with van der Waals surface area (Å²) in [6.07, 6.45) is 6.55. The summed E-state index contributed by atoms with van der Waals surface area (Å²) in [5, 5.41) is 4.74. The van der Waals surface area contributed by atoms with Gasteiger partial charge in [-0.05, 0) is 54.5 Å². The standard InChI is InChI=1S/C22H19N3S/c1-2-6-15(7-3-1)16-10-12-17(13-11-16)25-21-20-18-8-4-5-9-19(18)26-22(20)24-14-23-21/h1-3,6-7,10-14H,4-5,8-9H2,(H,23,24,25). The zero-order valence-electron chi connectivity index (χ0n) is 14.4. The van der Waals surface area contributed by atoms with Gasteiger partial charge in [-0.3, -0.25) is 0 Å². The van der Waals surface area contributed by atoms with Gasteiger partial charge < -0.3 is 5.32 Å². The Kier molecular flexibility index (Phi) is 3.91. The maximum atomic E-state index is 4.55. The zero-order chi connectivity index (χ0) is 17.3. The van der Waals surface area contributed by atoms with Crippen LogP contribution in [0.4, 0.5) is 11.5 Å². The largest absolute Gasteiger partial charge is 0.340 e. The maximum Gasteiger partial charge on any atom is 0.142 e. The number of hydrogen-bond donors (Lipinski definition) is 1. The van der Waals surface area contributed by atoms with Gasteiger partial charge in [0.2, 0.25) is 0 Å². The third-order valence-electron chi connectivity index (χ3n) is 5.01. The zero-order valence-corrected chi connectivity index (χ0v) is 15.2. The van der Waals surface area contributed by atoms with Crippen LogP contribution in [0, 0.1) is 0 Å². The summed E-state index contributed by atoms with van der Waals surface area (Å²) < 4.78 is 0. The molecule has 0 unspecified atom stereocenters. The first-order valence-electron chi connectivity index (χ1n) is 9.06. The van der Waals surface area contributed by atoms with Gasteiger partial charge in [-0.2, -0.15) is 0 Å². The monoisotopic (exact) mass is 357 g/mol. The Balaban J connectivity index is 1.49. The van der Waals surface area contributed by atoms with E-state index in [9.17, 15) is 0 Å². The molecule has 2 aromatic carbocycles. The summed E-state index contributed by atoms with van der Waals surface area (Å²) in [5.74, 6) is 0.932. The van der Waals surface area contributed by atoms with E-state index in [1.54, 1.807) is 6.33 Å². The molecule has 0 aliphatic heterocycles. The van der Waals surface area contributed by atoms with E-state index in [-0.39, 0.29) is 0 Å². The number of aromatic nitrogens is 2. The van der Waals surface area contributed by atoms with Crippen molar-refractivity contribution in [2.24, 2.45) is 0 Å². The van der Waals surface area contributed by atoms with E-state index in [0.717, 1.165) is 22.8 Å². The van der Waals surface area contributed by atoms with Crippen molar-refractivity contribution in [1.29, 1.82) is 0 Å². The number of benzene rings is 2. The number of aryl methyl sites for hydroxylation is 2. The van der Waals surface area contributed by atoms with Crippen LogP contribution in [0.2, 0.25) is 0 Å². The average Bonchev–Trinajstić information content (AvgIpc) is 3.09.